The highest BCUT2D eigenvalue weighted by Gasteiger charge is 2.97. The minimum Gasteiger partial charge on any atom is -0.373 e. The lowest BCUT2D eigenvalue weighted by Crippen LogP contribution is -2.76. The molecule has 0 aromatic heterocycles. The van der Waals surface area contributed by atoms with Crippen LogP contribution in [0, 0.1) is 34.5 Å². The summed E-state index contributed by atoms with van der Waals surface area (Å²) in [5.74, 6) is -4.06. The standard InChI is InChI=1S/C21H15F6NO5/c1-28-16(29)18-4-2-3-5(31-4)19(18,17(28)30)9-8(18)12-6-7(13(9)32-12)15-11(21(25,26)27)10(14(6)33-15)20(22,23)24/h2-9,12-15H,1H3/t4-,5+,6+,7-,8+,9-,12-,13+,14-,15+,18+,19-. The number of rotatable bonds is 0. The van der Waals surface area contributed by atoms with E-state index in [1.807, 2.05) is 0 Å². The summed E-state index contributed by atoms with van der Waals surface area (Å²) < 4.78 is 100. The van der Waals surface area contributed by atoms with Crippen LogP contribution in [0.1, 0.15) is 0 Å². The van der Waals surface area contributed by atoms with Crippen molar-refractivity contribution in [1.29, 1.82) is 0 Å². The van der Waals surface area contributed by atoms with Crippen LogP contribution in [-0.4, -0.2) is 72.7 Å². The fourth-order valence-electron chi connectivity index (χ4n) is 9.29. The normalized spacial score (nSPS) is 56.6. The van der Waals surface area contributed by atoms with E-state index in [2.05, 4.69) is 0 Å². The van der Waals surface area contributed by atoms with Crippen LogP contribution in [0.25, 0.3) is 0 Å². The van der Waals surface area contributed by atoms with Crippen LogP contribution in [0.4, 0.5) is 26.3 Å². The summed E-state index contributed by atoms with van der Waals surface area (Å²) in [7, 11) is 1.37. The van der Waals surface area contributed by atoms with Gasteiger partial charge < -0.3 is 14.2 Å². The molecule has 1 saturated carbocycles. The van der Waals surface area contributed by atoms with Crippen molar-refractivity contribution in [2.45, 2.75) is 49.0 Å². The highest BCUT2D eigenvalue weighted by Crippen LogP contribution is 2.85. The van der Waals surface area contributed by atoms with Crippen LogP contribution in [0.2, 0.25) is 0 Å². The smallest absolute Gasteiger partial charge is 0.373 e. The van der Waals surface area contributed by atoms with Gasteiger partial charge in [-0.3, -0.25) is 14.5 Å². The first-order chi connectivity index (χ1) is 15.4. The van der Waals surface area contributed by atoms with Gasteiger partial charge in [-0.05, 0) is 0 Å². The maximum atomic E-state index is 13.8. The molecular formula is C21H15F6NO5. The summed E-state index contributed by atoms with van der Waals surface area (Å²) in [5.41, 5.74) is -5.95. The Hall–Kier alpha value is -1.92. The van der Waals surface area contributed by atoms with E-state index < -0.39 is 106 Å². The predicted molar refractivity (Wildman–Crippen MR) is 90.9 cm³/mol. The molecule has 8 aliphatic rings. The van der Waals surface area contributed by atoms with Gasteiger partial charge in [-0.25, -0.2) is 0 Å². The van der Waals surface area contributed by atoms with E-state index in [4.69, 9.17) is 14.2 Å². The highest BCUT2D eigenvalue weighted by atomic mass is 19.4. The van der Waals surface area contributed by atoms with E-state index in [0.717, 1.165) is 4.90 Å². The molecule has 12 atom stereocenters. The van der Waals surface area contributed by atoms with Crippen LogP contribution >= 0.6 is 0 Å². The van der Waals surface area contributed by atoms with Crippen molar-refractivity contribution in [2.24, 2.45) is 34.5 Å². The van der Waals surface area contributed by atoms with E-state index in [1.165, 1.54) is 7.05 Å². The molecular weight excluding hydrogens is 460 g/mol. The highest BCUT2D eigenvalue weighted by molar-refractivity contribution is 6.13. The number of likely N-dealkylation sites (tertiary alicyclic amines) is 1. The van der Waals surface area contributed by atoms with Gasteiger partial charge in [0.2, 0.25) is 11.8 Å². The maximum Gasteiger partial charge on any atom is 0.415 e. The van der Waals surface area contributed by atoms with Crippen molar-refractivity contribution in [3.63, 3.8) is 0 Å². The Balaban J connectivity index is 1.31. The zero-order chi connectivity index (χ0) is 23.2. The summed E-state index contributed by atoms with van der Waals surface area (Å²) in [4.78, 5) is 27.9. The molecule has 8 rings (SSSR count). The molecule has 7 aliphatic heterocycles. The first-order valence-corrected chi connectivity index (χ1v) is 10.7. The molecule has 6 bridgehead atoms. The Labute approximate surface area is 181 Å². The minimum absolute atomic E-state index is 0.454. The third kappa shape index (κ3) is 1.54. The number of amides is 2. The molecule has 0 unspecified atom stereocenters. The van der Waals surface area contributed by atoms with Crippen molar-refractivity contribution in [1.82, 2.24) is 4.90 Å². The number of alkyl halides is 6. The van der Waals surface area contributed by atoms with Crippen LogP contribution in [0.3, 0.4) is 0 Å². The van der Waals surface area contributed by atoms with Gasteiger partial charge in [-0.15, -0.1) is 0 Å². The van der Waals surface area contributed by atoms with Crippen molar-refractivity contribution in [3.8, 4) is 0 Å². The molecule has 1 aliphatic carbocycles. The lowest BCUT2D eigenvalue weighted by atomic mass is 9.32. The number of carbonyl (C=O) groups is 2. The number of ether oxygens (including phenoxy) is 3. The Bertz CT molecular complexity index is 1060. The van der Waals surface area contributed by atoms with Crippen molar-refractivity contribution in [2.75, 3.05) is 7.05 Å². The fourth-order valence-corrected chi connectivity index (χ4v) is 9.29. The lowest BCUT2D eigenvalue weighted by Gasteiger charge is -2.63. The van der Waals surface area contributed by atoms with E-state index in [0.29, 0.717) is 0 Å². The number of hydrogen-bond acceptors (Lipinski definition) is 5. The maximum absolute atomic E-state index is 13.8. The predicted octanol–water partition coefficient (Wildman–Crippen LogP) is 1.76. The second-order valence-electron chi connectivity index (χ2n) is 10.3. The molecule has 2 amide bonds. The minimum atomic E-state index is -5.21. The molecule has 0 aromatic carbocycles. The van der Waals surface area contributed by atoms with Gasteiger partial charge in [0.1, 0.15) is 10.8 Å². The van der Waals surface area contributed by atoms with Gasteiger partial charge in [-0.1, -0.05) is 12.2 Å². The van der Waals surface area contributed by atoms with Gasteiger partial charge in [-0.2, -0.15) is 26.3 Å². The first kappa shape index (κ1) is 19.4. The van der Waals surface area contributed by atoms with E-state index >= 15 is 0 Å². The number of hydrogen-bond donors (Lipinski definition) is 0. The summed E-state index contributed by atoms with van der Waals surface area (Å²) in [6.45, 7) is 0. The first-order valence-electron chi connectivity index (χ1n) is 10.7. The third-order valence-electron chi connectivity index (χ3n) is 9.78. The number of carbonyl (C=O) groups excluding carboxylic acids is 2. The Kier molecular flexibility index (Phi) is 2.88. The lowest BCUT2D eigenvalue weighted by molar-refractivity contribution is -0.196. The van der Waals surface area contributed by atoms with Crippen LogP contribution in [0.5, 0.6) is 0 Å². The summed E-state index contributed by atoms with van der Waals surface area (Å²) in [6.07, 6.45) is -13.9. The van der Waals surface area contributed by atoms with Gasteiger partial charge in [0.05, 0.1) is 47.8 Å². The van der Waals surface area contributed by atoms with Gasteiger partial charge >= 0.3 is 12.4 Å². The van der Waals surface area contributed by atoms with Crippen LogP contribution in [-0.2, 0) is 23.8 Å². The third-order valence-corrected chi connectivity index (χ3v) is 9.78. The Morgan fingerprint density at radius 3 is 1.58 bits per heavy atom. The Morgan fingerprint density at radius 1 is 0.758 bits per heavy atom. The van der Waals surface area contributed by atoms with E-state index in [9.17, 15) is 35.9 Å². The second-order valence-corrected chi connectivity index (χ2v) is 10.3. The van der Waals surface area contributed by atoms with Gasteiger partial charge in [0, 0.05) is 30.7 Å². The quantitative estimate of drug-likeness (QED) is 0.304. The molecule has 5 saturated heterocycles. The molecule has 0 radical (unpaired) electrons. The average molecular weight is 475 g/mol. The summed E-state index contributed by atoms with van der Waals surface area (Å²) in [5, 5.41) is 0. The van der Waals surface area contributed by atoms with E-state index in [1.54, 1.807) is 12.2 Å². The molecule has 6 fully saturated rings. The van der Waals surface area contributed by atoms with Gasteiger partial charge in [0.15, 0.2) is 0 Å². The average Bonchev–Trinajstić information content (AvgIpc) is 3.50. The van der Waals surface area contributed by atoms with Crippen LogP contribution < -0.4 is 0 Å². The molecule has 0 aromatic rings. The number of nitrogens with zero attached hydrogens (tertiary/aromatic N) is 1. The van der Waals surface area contributed by atoms with Crippen LogP contribution in [0.15, 0.2) is 23.3 Å². The molecule has 0 spiro atoms. The molecule has 12 heteroatoms. The Morgan fingerprint density at radius 2 is 1.18 bits per heavy atom. The SMILES string of the molecule is CN1C(=O)[C@@]23[C@H]4[C@H]5O[C@H]([C@@H]6[C@H]5[C@@H]5O[C@H]6C(C(F)(F)F)=C5C(F)(F)F)[C@H]4[C@]2(C1=O)[C@H]1C=C[C@@H]3O1. The van der Waals surface area contributed by atoms with Crippen molar-refractivity contribution < 1.29 is 50.1 Å². The summed E-state index contributed by atoms with van der Waals surface area (Å²) in [6, 6.07) is 0. The number of imide groups is 1. The number of halogens is 6. The van der Waals surface area contributed by atoms with Crippen molar-refractivity contribution >= 4 is 11.8 Å². The molecule has 7 heterocycles. The molecule has 176 valence electrons. The fraction of sp³-hybridized carbons (Fsp3) is 0.714. The topological polar surface area (TPSA) is 65.1 Å². The largest absolute Gasteiger partial charge is 0.415 e. The van der Waals surface area contributed by atoms with Crippen molar-refractivity contribution in [3.05, 3.63) is 23.3 Å². The van der Waals surface area contributed by atoms with Gasteiger partial charge in [0.25, 0.3) is 0 Å². The molecule has 0 N–H and O–H groups in total. The number of fused-ring (bicyclic) bond motifs is 14. The second kappa shape index (κ2) is 4.90. The zero-order valence-electron chi connectivity index (χ0n) is 16.7. The van der Waals surface area contributed by atoms with E-state index in [-0.39, 0.29) is 0 Å². The monoisotopic (exact) mass is 475 g/mol. The molecule has 6 nitrogen and oxygen atoms in total. The summed E-state index contributed by atoms with van der Waals surface area (Å²) >= 11 is 0. The molecule has 33 heavy (non-hydrogen) atoms. The zero-order valence-corrected chi connectivity index (χ0v) is 16.7.